The smallest absolute Gasteiger partial charge is 0.246 e. The maximum atomic E-state index is 12.2. The summed E-state index contributed by atoms with van der Waals surface area (Å²) in [5.74, 6) is -0.144. The summed E-state index contributed by atoms with van der Waals surface area (Å²) in [7, 11) is 0. The maximum absolute atomic E-state index is 12.2. The molecule has 2 heterocycles. The Bertz CT molecular complexity index is 1090. The van der Waals surface area contributed by atoms with E-state index in [1.165, 1.54) is 16.3 Å². The number of nitrogens with one attached hydrogen (secondary N) is 1. The molecule has 0 fully saturated rings. The van der Waals surface area contributed by atoms with Crippen LogP contribution in [0.3, 0.4) is 0 Å². The minimum Gasteiger partial charge on any atom is -0.322 e. The van der Waals surface area contributed by atoms with Gasteiger partial charge in [0.1, 0.15) is 6.54 Å². The van der Waals surface area contributed by atoms with Crippen molar-refractivity contribution in [1.29, 1.82) is 0 Å². The van der Waals surface area contributed by atoms with Gasteiger partial charge in [0.2, 0.25) is 5.91 Å². The van der Waals surface area contributed by atoms with Crippen LogP contribution in [0.5, 0.6) is 0 Å². The highest BCUT2D eigenvalue weighted by Crippen LogP contribution is 2.20. The maximum Gasteiger partial charge on any atom is 0.246 e. The second-order valence-corrected chi connectivity index (χ2v) is 7.23. The SMILES string of the molecule is Cc1nn(CC(=O)Nc2cnn(Cc3cccc4ccccc34)c2)cc1Br. The van der Waals surface area contributed by atoms with Crippen LogP contribution in [0.15, 0.2) is 65.5 Å². The number of carbonyl (C=O) groups excluding carboxylic acids is 1. The predicted molar refractivity (Wildman–Crippen MR) is 109 cm³/mol. The summed E-state index contributed by atoms with van der Waals surface area (Å²) in [6.07, 6.45) is 5.29. The van der Waals surface area contributed by atoms with Gasteiger partial charge in [-0.25, -0.2) is 0 Å². The molecule has 7 heteroatoms. The van der Waals surface area contributed by atoms with Crippen molar-refractivity contribution in [1.82, 2.24) is 19.6 Å². The van der Waals surface area contributed by atoms with Crippen molar-refractivity contribution < 1.29 is 4.79 Å². The van der Waals surface area contributed by atoms with Crippen molar-refractivity contribution >= 4 is 38.3 Å². The lowest BCUT2D eigenvalue weighted by molar-refractivity contribution is -0.116. The zero-order chi connectivity index (χ0) is 18.8. The molecule has 0 saturated heterocycles. The Labute approximate surface area is 164 Å². The van der Waals surface area contributed by atoms with Crippen LogP contribution < -0.4 is 5.32 Å². The van der Waals surface area contributed by atoms with E-state index in [1.54, 1.807) is 17.1 Å². The van der Waals surface area contributed by atoms with Crippen LogP contribution in [0.25, 0.3) is 10.8 Å². The van der Waals surface area contributed by atoms with Gasteiger partial charge < -0.3 is 5.32 Å². The van der Waals surface area contributed by atoms with Crippen LogP contribution in [0, 0.1) is 6.92 Å². The number of hydrogen-bond acceptors (Lipinski definition) is 3. The van der Waals surface area contributed by atoms with Crippen LogP contribution >= 0.6 is 15.9 Å². The average Bonchev–Trinajstić information content (AvgIpc) is 3.21. The second kappa shape index (κ2) is 7.36. The number of fused-ring (bicyclic) bond motifs is 1. The summed E-state index contributed by atoms with van der Waals surface area (Å²) >= 11 is 3.40. The average molecular weight is 424 g/mol. The zero-order valence-electron chi connectivity index (χ0n) is 14.8. The van der Waals surface area contributed by atoms with Gasteiger partial charge in [-0.3, -0.25) is 14.2 Å². The van der Waals surface area contributed by atoms with Gasteiger partial charge >= 0.3 is 0 Å². The third-order valence-corrected chi connectivity index (χ3v) is 5.10. The van der Waals surface area contributed by atoms with Gasteiger partial charge in [0.15, 0.2) is 0 Å². The van der Waals surface area contributed by atoms with Crippen LogP contribution in [0.2, 0.25) is 0 Å². The topological polar surface area (TPSA) is 64.7 Å². The first-order chi connectivity index (χ1) is 13.1. The lowest BCUT2D eigenvalue weighted by Gasteiger charge is -2.06. The molecule has 0 saturated carbocycles. The number of amides is 1. The highest BCUT2D eigenvalue weighted by atomic mass is 79.9. The Morgan fingerprint density at radius 3 is 2.74 bits per heavy atom. The molecule has 0 atom stereocenters. The highest BCUT2D eigenvalue weighted by molar-refractivity contribution is 9.10. The lowest BCUT2D eigenvalue weighted by atomic mass is 10.0. The fourth-order valence-electron chi connectivity index (χ4n) is 3.04. The van der Waals surface area contributed by atoms with Crippen molar-refractivity contribution in [2.45, 2.75) is 20.0 Å². The highest BCUT2D eigenvalue weighted by Gasteiger charge is 2.09. The van der Waals surface area contributed by atoms with Crippen molar-refractivity contribution in [3.63, 3.8) is 0 Å². The summed E-state index contributed by atoms with van der Waals surface area (Å²) in [4.78, 5) is 12.2. The quantitative estimate of drug-likeness (QED) is 0.527. The van der Waals surface area contributed by atoms with E-state index in [2.05, 4.69) is 55.7 Å². The number of carbonyl (C=O) groups is 1. The number of rotatable bonds is 5. The summed E-state index contributed by atoms with van der Waals surface area (Å²) in [6.45, 7) is 2.68. The van der Waals surface area contributed by atoms with E-state index in [0.717, 1.165) is 10.2 Å². The molecule has 0 radical (unpaired) electrons. The van der Waals surface area contributed by atoms with Crippen molar-refractivity contribution in [3.05, 3.63) is 76.8 Å². The van der Waals surface area contributed by atoms with E-state index in [4.69, 9.17) is 0 Å². The van der Waals surface area contributed by atoms with Crippen molar-refractivity contribution in [2.24, 2.45) is 0 Å². The van der Waals surface area contributed by atoms with Gasteiger partial charge in [0, 0.05) is 12.4 Å². The van der Waals surface area contributed by atoms with Crippen LogP contribution in [0.4, 0.5) is 5.69 Å². The minimum atomic E-state index is -0.144. The van der Waals surface area contributed by atoms with Gasteiger partial charge in [-0.15, -0.1) is 0 Å². The Balaban J connectivity index is 1.44. The van der Waals surface area contributed by atoms with Gasteiger partial charge in [0.25, 0.3) is 0 Å². The number of aromatic nitrogens is 4. The molecule has 1 amide bonds. The second-order valence-electron chi connectivity index (χ2n) is 6.37. The summed E-state index contributed by atoms with van der Waals surface area (Å²) in [5, 5.41) is 13.9. The van der Waals surface area contributed by atoms with Gasteiger partial charge in [-0.05, 0) is 39.2 Å². The normalized spacial score (nSPS) is 11.0. The molecule has 0 aliphatic rings. The van der Waals surface area contributed by atoms with E-state index in [-0.39, 0.29) is 12.5 Å². The first kappa shape index (κ1) is 17.5. The Morgan fingerprint density at radius 2 is 1.93 bits per heavy atom. The molecule has 4 rings (SSSR count). The molecule has 0 aliphatic carbocycles. The third kappa shape index (κ3) is 3.93. The zero-order valence-corrected chi connectivity index (χ0v) is 16.3. The Morgan fingerprint density at radius 1 is 1.11 bits per heavy atom. The molecule has 0 unspecified atom stereocenters. The van der Waals surface area contributed by atoms with E-state index >= 15 is 0 Å². The van der Waals surface area contributed by atoms with Crippen LogP contribution in [0.1, 0.15) is 11.3 Å². The monoisotopic (exact) mass is 423 g/mol. The molecule has 0 spiro atoms. The minimum absolute atomic E-state index is 0.144. The number of hydrogen-bond donors (Lipinski definition) is 1. The molecule has 2 aromatic carbocycles. The summed E-state index contributed by atoms with van der Waals surface area (Å²) in [6, 6.07) is 14.5. The number of anilines is 1. The fraction of sp³-hybridized carbons (Fsp3) is 0.150. The lowest BCUT2D eigenvalue weighted by Crippen LogP contribution is -2.18. The molecule has 2 aromatic heterocycles. The van der Waals surface area contributed by atoms with E-state index in [1.807, 2.05) is 36.0 Å². The molecule has 27 heavy (non-hydrogen) atoms. The van der Waals surface area contributed by atoms with Crippen LogP contribution in [-0.4, -0.2) is 25.5 Å². The molecule has 0 aliphatic heterocycles. The first-order valence-electron chi connectivity index (χ1n) is 8.57. The van der Waals surface area contributed by atoms with E-state index in [0.29, 0.717) is 12.2 Å². The van der Waals surface area contributed by atoms with E-state index in [9.17, 15) is 4.79 Å². The largest absolute Gasteiger partial charge is 0.322 e. The molecule has 1 N–H and O–H groups in total. The third-order valence-electron chi connectivity index (χ3n) is 4.32. The number of halogens is 1. The standard InChI is InChI=1S/C20H18BrN5O/c1-14-19(21)12-26(24-14)13-20(27)23-17-9-22-25(11-17)10-16-7-4-6-15-5-2-3-8-18(15)16/h2-9,11-12H,10,13H2,1H3,(H,23,27). The molecular weight excluding hydrogens is 406 g/mol. The molecule has 136 valence electrons. The van der Waals surface area contributed by atoms with Crippen molar-refractivity contribution in [2.75, 3.05) is 5.32 Å². The Hall–Kier alpha value is -2.93. The van der Waals surface area contributed by atoms with Gasteiger partial charge in [-0.2, -0.15) is 10.2 Å². The molecule has 4 aromatic rings. The molecule has 0 bridgehead atoms. The van der Waals surface area contributed by atoms with Crippen molar-refractivity contribution in [3.8, 4) is 0 Å². The molecule has 6 nitrogen and oxygen atoms in total. The molecular formula is C20H18BrN5O. The van der Waals surface area contributed by atoms with Gasteiger partial charge in [-0.1, -0.05) is 42.5 Å². The Kier molecular flexibility index (Phi) is 4.77. The summed E-state index contributed by atoms with van der Waals surface area (Å²) < 4.78 is 4.32. The van der Waals surface area contributed by atoms with Gasteiger partial charge in [0.05, 0.1) is 28.6 Å². The first-order valence-corrected chi connectivity index (χ1v) is 9.36. The number of benzene rings is 2. The van der Waals surface area contributed by atoms with Crippen LogP contribution in [-0.2, 0) is 17.9 Å². The summed E-state index contributed by atoms with van der Waals surface area (Å²) in [5.41, 5.74) is 2.71. The number of aryl methyl sites for hydroxylation is 1. The predicted octanol–water partition coefficient (Wildman–Crippen LogP) is 3.99. The van der Waals surface area contributed by atoms with E-state index < -0.39 is 0 Å². The number of nitrogens with zero attached hydrogens (tertiary/aromatic N) is 4. The fourth-order valence-corrected chi connectivity index (χ4v) is 3.36.